The van der Waals surface area contributed by atoms with Crippen molar-refractivity contribution < 1.29 is 8.42 Å². The Morgan fingerprint density at radius 1 is 1.00 bits per heavy atom. The third-order valence-corrected chi connectivity index (χ3v) is 8.92. The van der Waals surface area contributed by atoms with E-state index in [9.17, 15) is 8.42 Å². The highest BCUT2D eigenvalue weighted by atomic mass is 32.2. The normalized spacial score (nSPS) is 22.8. The minimum absolute atomic E-state index is 0.0488. The van der Waals surface area contributed by atoms with Crippen LogP contribution in [-0.4, -0.2) is 36.4 Å². The van der Waals surface area contributed by atoms with Gasteiger partial charge in [0.25, 0.3) is 0 Å². The Morgan fingerprint density at radius 2 is 1.75 bits per heavy atom. The summed E-state index contributed by atoms with van der Waals surface area (Å²) in [5, 5.41) is 0.988. The molecule has 0 saturated carbocycles. The number of aryl methyl sites for hydroxylation is 4. The third-order valence-electron chi connectivity index (χ3n) is 5.67. The molecule has 2 aliphatic rings. The van der Waals surface area contributed by atoms with Crippen LogP contribution >= 0.6 is 11.8 Å². The first-order valence-electron chi connectivity index (χ1n) is 9.58. The van der Waals surface area contributed by atoms with Crippen LogP contribution in [0.1, 0.15) is 27.8 Å². The summed E-state index contributed by atoms with van der Waals surface area (Å²) >= 11 is 1.62. The highest BCUT2D eigenvalue weighted by molar-refractivity contribution is 8.15. The lowest BCUT2D eigenvalue weighted by Gasteiger charge is -2.26. The first-order valence-corrected chi connectivity index (χ1v) is 12.3. The lowest BCUT2D eigenvalue weighted by atomic mass is 10.0. The average molecular weight is 415 g/mol. The number of benzene rings is 2. The molecule has 2 aromatic rings. The zero-order chi connectivity index (χ0) is 20.1. The zero-order valence-corrected chi connectivity index (χ0v) is 18.4. The van der Waals surface area contributed by atoms with Crippen molar-refractivity contribution >= 4 is 32.5 Å². The second kappa shape index (κ2) is 7.23. The number of aliphatic imine (C=N–C) groups is 1. The maximum absolute atomic E-state index is 11.9. The van der Waals surface area contributed by atoms with E-state index in [0.29, 0.717) is 0 Å². The molecule has 2 atom stereocenters. The number of hydrogen-bond donors (Lipinski definition) is 0. The number of amidine groups is 1. The quantitative estimate of drug-likeness (QED) is 0.755. The summed E-state index contributed by atoms with van der Waals surface area (Å²) in [5.74, 6) is 0.415. The molecule has 2 aliphatic heterocycles. The fraction of sp³-hybridized carbons (Fsp3) is 0.409. The van der Waals surface area contributed by atoms with Crippen LogP contribution in [0.3, 0.4) is 0 Å². The Hall–Kier alpha value is -1.79. The van der Waals surface area contributed by atoms with E-state index in [1.54, 1.807) is 11.8 Å². The summed E-state index contributed by atoms with van der Waals surface area (Å²) in [7, 11) is -2.95. The molecule has 1 saturated heterocycles. The molecule has 0 amide bonds. The topological polar surface area (TPSA) is 49.7 Å². The number of rotatable bonds is 3. The molecule has 1 fully saturated rings. The molecule has 0 bridgehead atoms. The molecule has 4 nitrogen and oxygen atoms in total. The average Bonchev–Trinajstić information content (AvgIpc) is 3.11. The summed E-state index contributed by atoms with van der Waals surface area (Å²) in [5.41, 5.74) is 7.38. The Kier molecular flexibility index (Phi) is 5.04. The molecule has 4 rings (SSSR count). The van der Waals surface area contributed by atoms with Crippen LogP contribution in [0.15, 0.2) is 41.4 Å². The lowest BCUT2D eigenvalue weighted by Crippen LogP contribution is -2.28. The van der Waals surface area contributed by atoms with E-state index in [1.165, 1.54) is 27.8 Å². The van der Waals surface area contributed by atoms with Gasteiger partial charge >= 0.3 is 0 Å². The van der Waals surface area contributed by atoms with E-state index in [2.05, 4.69) is 69.0 Å². The Balaban J connectivity index is 1.72. The smallest absolute Gasteiger partial charge is 0.164 e. The molecule has 0 unspecified atom stereocenters. The molecule has 2 aromatic carbocycles. The van der Waals surface area contributed by atoms with Crippen molar-refractivity contribution in [3.63, 3.8) is 0 Å². The van der Waals surface area contributed by atoms with Crippen LogP contribution in [0.4, 0.5) is 5.69 Å². The van der Waals surface area contributed by atoms with Crippen LogP contribution in [0.25, 0.3) is 0 Å². The van der Waals surface area contributed by atoms with E-state index < -0.39 is 9.84 Å². The summed E-state index contributed by atoms with van der Waals surface area (Å²) < 4.78 is 23.9. The molecule has 28 heavy (non-hydrogen) atoms. The molecule has 0 aromatic heterocycles. The predicted octanol–water partition coefficient (Wildman–Crippen LogP) is 4.20. The molecule has 0 spiro atoms. The minimum Gasteiger partial charge on any atom is -0.317 e. The van der Waals surface area contributed by atoms with E-state index >= 15 is 0 Å². The fourth-order valence-corrected chi connectivity index (χ4v) is 7.56. The lowest BCUT2D eigenvalue weighted by molar-refractivity contribution is 0.601. The van der Waals surface area contributed by atoms with Crippen LogP contribution in [0, 0.1) is 27.7 Å². The number of fused-ring (bicyclic) bond motifs is 1. The van der Waals surface area contributed by atoms with Gasteiger partial charge in [0.05, 0.1) is 24.1 Å². The van der Waals surface area contributed by atoms with Gasteiger partial charge in [0.1, 0.15) is 0 Å². The Morgan fingerprint density at radius 3 is 2.46 bits per heavy atom. The number of thioether (sulfide) groups is 1. The molecule has 2 heterocycles. The first-order chi connectivity index (χ1) is 13.2. The molecule has 0 radical (unpaired) electrons. The van der Waals surface area contributed by atoms with Crippen molar-refractivity contribution in [1.29, 1.82) is 0 Å². The number of anilines is 1. The largest absolute Gasteiger partial charge is 0.317 e. The van der Waals surface area contributed by atoms with Gasteiger partial charge in [-0.1, -0.05) is 41.6 Å². The van der Waals surface area contributed by atoms with Crippen LogP contribution in [0.5, 0.6) is 0 Å². The van der Waals surface area contributed by atoms with Crippen molar-refractivity contribution in [3.05, 3.63) is 64.2 Å². The van der Waals surface area contributed by atoms with Gasteiger partial charge in [0, 0.05) is 10.9 Å². The minimum atomic E-state index is -2.95. The van der Waals surface area contributed by atoms with Crippen LogP contribution in [-0.2, 0) is 16.4 Å². The molecular formula is C22H26N2O2S2. The van der Waals surface area contributed by atoms with Crippen molar-refractivity contribution in [2.45, 2.75) is 45.5 Å². The van der Waals surface area contributed by atoms with Gasteiger partial charge in [-0.25, -0.2) is 8.42 Å². The second-order valence-electron chi connectivity index (χ2n) is 8.00. The van der Waals surface area contributed by atoms with Crippen molar-refractivity contribution in [2.24, 2.45) is 4.99 Å². The van der Waals surface area contributed by atoms with Gasteiger partial charge < -0.3 is 4.90 Å². The van der Waals surface area contributed by atoms with Crippen LogP contribution < -0.4 is 4.90 Å². The molecule has 6 heteroatoms. The Bertz CT molecular complexity index is 1060. The summed E-state index contributed by atoms with van der Waals surface area (Å²) in [6, 6.07) is 12.9. The number of nitrogens with zero attached hydrogens (tertiary/aromatic N) is 2. The summed E-state index contributed by atoms with van der Waals surface area (Å²) in [6.45, 7) is 9.22. The van der Waals surface area contributed by atoms with Crippen LogP contribution in [0.2, 0.25) is 0 Å². The third kappa shape index (κ3) is 3.85. The summed E-state index contributed by atoms with van der Waals surface area (Å²) in [6.07, 6.45) is 0. The standard InChI is InChI=1S/C22H26N2O2S2/c1-14-5-6-16(3)18(9-14)11-24(19-8-7-15(2)17(4)10-19)22-23-20-12-28(25,26)13-21(20)27-22/h5-10,20-21H,11-13H2,1-4H3/t20-,21+/m0/s1. The van der Waals surface area contributed by atoms with E-state index in [1.807, 2.05) is 0 Å². The monoisotopic (exact) mass is 414 g/mol. The molecule has 0 aliphatic carbocycles. The Labute approximate surface area is 172 Å². The second-order valence-corrected chi connectivity index (χ2v) is 11.4. The maximum atomic E-state index is 11.9. The fourth-order valence-electron chi connectivity index (χ4n) is 3.77. The number of hydrogen-bond acceptors (Lipinski definition) is 5. The van der Waals surface area contributed by atoms with Crippen molar-refractivity contribution in [3.8, 4) is 0 Å². The van der Waals surface area contributed by atoms with E-state index in [0.717, 1.165) is 17.4 Å². The van der Waals surface area contributed by atoms with Crippen molar-refractivity contribution in [1.82, 2.24) is 0 Å². The molecule has 148 valence electrons. The van der Waals surface area contributed by atoms with Crippen molar-refractivity contribution in [2.75, 3.05) is 16.4 Å². The van der Waals surface area contributed by atoms with Gasteiger partial charge in [0.15, 0.2) is 15.0 Å². The highest BCUT2D eigenvalue weighted by Crippen LogP contribution is 2.37. The molecule has 0 N–H and O–H groups in total. The SMILES string of the molecule is Cc1ccc(C)c(CN(C2=N[C@H]3CS(=O)(=O)C[C@H]3S2)c2ccc(C)c(C)c2)c1. The zero-order valence-electron chi connectivity index (χ0n) is 16.8. The first kappa shape index (κ1) is 19.5. The van der Waals surface area contributed by atoms with Gasteiger partial charge in [-0.15, -0.1) is 0 Å². The van der Waals surface area contributed by atoms with Gasteiger partial charge in [0.2, 0.25) is 0 Å². The predicted molar refractivity (Wildman–Crippen MR) is 119 cm³/mol. The number of sulfone groups is 1. The summed E-state index contributed by atoms with van der Waals surface area (Å²) in [4.78, 5) is 7.10. The van der Waals surface area contributed by atoms with Gasteiger partial charge in [-0.3, -0.25) is 4.99 Å². The molecular weight excluding hydrogens is 388 g/mol. The van der Waals surface area contributed by atoms with Gasteiger partial charge in [-0.2, -0.15) is 0 Å². The van der Waals surface area contributed by atoms with E-state index in [-0.39, 0.29) is 22.8 Å². The maximum Gasteiger partial charge on any atom is 0.164 e. The van der Waals surface area contributed by atoms with Gasteiger partial charge in [-0.05, 0) is 62.1 Å². The highest BCUT2D eigenvalue weighted by Gasteiger charge is 2.44. The van der Waals surface area contributed by atoms with E-state index in [4.69, 9.17) is 4.99 Å².